The third kappa shape index (κ3) is 3.95. The number of amides is 1. The SMILES string of the molecule is [2H]C([2H])([2H])NC(=O)[C@H]1O[C@@H](n2cnc3c(NCc4ccccc4)nc(-c4cccs4)nc32)[C@H](O)[C@@H]1O. The Labute approximate surface area is 197 Å². The van der Waals surface area contributed by atoms with Crippen molar-refractivity contribution in [3.63, 3.8) is 0 Å². The third-order valence-corrected chi connectivity index (χ3v) is 6.23. The second-order valence-corrected chi connectivity index (χ2v) is 8.40. The zero-order valence-electron chi connectivity index (χ0n) is 20.1. The number of rotatable bonds is 6. The normalized spacial score (nSPS) is 24.2. The van der Waals surface area contributed by atoms with Gasteiger partial charge in [-0.05, 0) is 17.0 Å². The first-order chi connectivity index (χ1) is 17.2. The van der Waals surface area contributed by atoms with Crippen LogP contribution in [0.4, 0.5) is 5.82 Å². The van der Waals surface area contributed by atoms with Crippen molar-refractivity contribution in [1.29, 1.82) is 0 Å². The summed E-state index contributed by atoms with van der Waals surface area (Å²) in [5.41, 5.74) is 1.73. The molecule has 1 aromatic carbocycles. The lowest BCUT2D eigenvalue weighted by molar-refractivity contribution is -0.137. The van der Waals surface area contributed by atoms with Crippen molar-refractivity contribution < 1.29 is 23.9 Å². The number of aliphatic hydroxyl groups excluding tert-OH is 2. The highest BCUT2D eigenvalue weighted by molar-refractivity contribution is 7.13. The van der Waals surface area contributed by atoms with Crippen LogP contribution in [-0.2, 0) is 16.1 Å². The van der Waals surface area contributed by atoms with E-state index in [1.165, 1.54) is 22.2 Å². The van der Waals surface area contributed by atoms with E-state index in [2.05, 4.69) is 20.3 Å². The van der Waals surface area contributed by atoms with E-state index in [9.17, 15) is 15.0 Å². The van der Waals surface area contributed by atoms with Crippen LogP contribution in [0.25, 0.3) is 21.9 Å². The largest absolute Gasteiger partial charge is 0.387 e. The number of hydrogen-bond donors (Lipinski definition) is 4. The number of hydrogen-bond acceptors (Lipinski definition) is 9. The molecule has 5 rings (SSSR count). The van der Waals surface area contributed by atoms with E-state index >= 15 is 0 Å². The topological polar surface area (TPSA) is 134 Å². The van der Waals surface area contributed by atoms with E-state index in [0.29, 0.717) is 29.4 Å². The molecule has 0 unspecified atom stereocenters. The molecule has 11 heteroatoms. The fraction of sp³-hybridized carbons (Fsp3) is 0.273. The predicted octanol–water partition coefficient (Wildman–Crippen LogP) is 1.53. The number of imidazole rings is 1. The lowest BCUT2D eigenvalue weighted by atomic mass is 10.1. The number of likely N-dealkylation sites (N-methyl/N-ethyl adjacent to an activating group) is 1. The highest BCUT2D eigenvalue weighted by Crippen LogP contribution is 2.34. The summed E-state index contributed by atoms with van der Waals surface area (Å²) in [6.45, 7) is -2.30. The minimum Gasteiger partial charge on any atom is -0.387 e. The van der Waals surface area contributed by atoms with Gasteiger partial charge in [0, 0.05) is 17.6 Å². The van der Waals surface area contributed by atoms with Gasteiger partial charge in [-0.25, -0.2) is 15.0 Å². The lowest BCUT2D eigenvalue weighted by Gasteiger charge is -2.17. The number of fused-ring (bicyclic) bond motifs is 1. The molecule has 0 bridgehead atoms. The van der Waals surface area contributed by atoms with E-state index in [-0.39, 0.29) is 0 Å². The number of benzene rings is 1. The van der Waals surface area contributed by atoms with E-state index in [4.69, 9.17) is 8.85 Å². The fourth-order valence-electron chi connectivity index (χ4n) is 3.70. The smallest absolute Gasteiger partial charge is 0.251 e. The Morgan fingerprint density at radius 2 is 2.06 bits per heavy atom. The van der Waals surface area contributed by atoms with Gasteiger partial charge < -0.3 is 25.6 Å². The number of aromatic nitrogens is 4. The molecule has 1 aliphatic rings. The van der Waals surface area contributed by atoms with E-state index < -0.39 is 37.4 Å². The standard InChI is InChI=1S/C22H22N6O4S/c1-23-21(31)17-15(29)16(30)22(32-17)28-11-25-14-19(24-10-12-6-3-2-4-7-12)26-18(27-20(14)28)13-8-5-9-33-13/h2-9,11,15-17,22,29-30H,10H2,1H3,(H,23,31)(H,24,26,27)/t15-,16+,17-,22+/m0/s1/i1D3. The maximum atomic E-state index is 12.4. The zero-order chi connectivity index (χ0) is 25.4. The van der Waals surface area contributed by atoms with Crippen molar-refractivity contribution in [2.24, 2.45) is 0 Å². The third-order valence-electron chi connectivity index (χ3n) is 5.36. The van der Waals surface area contributed by atoms with Crippen molar-refractivity contribution in [3.05, 3.63) is 59.7 Å². The molecule has 4 atom stereocenters. The van der Waals surface area contributed by atoms with Crippen LogP contribution in [-0.4, -0.2) is 60.9 Å². The highest BCUT2D eigenvalue weighted by atomic mass is 32.1. The van der Waals surface area contributed by atoms with Gasteiger partial charge in [-0.1, -0.05) is 36.4 Å². The first-order valence-electron chi connectivity index (χ1n) is 11.6. The van der Waals surface area contributed by atoms with Gasteiger partial charge in [0.15, 0.2) is 35.1 Å². The predicted molar refractivity (Wildman–Crippen MR) is 122 cm³/mol. The Balaban J connectivity index is 1.51. The van der Waals surface area contributed by atoms with Gasteiger partial charge in [0.2, 0.25) is 0 Å². The van der Waals surface area contributed by atoms with Crippen LogP contribution >= 0.6 is 11.3 Å². The van der Waals surface area contributed by atoms with Gasteiger partial charge in [0.25, 0.3) is 5.91 Å². The van der Waals surface area contributed by atoms with Crippen molar-refractivity contribution in [3.8, 4) is 10.7 Å². The Morgan fingerprint density at radius 3 is 2.82 bits per heavy atom. The average molecular weight is 470 g/mol. The average Bonchev–Trinajstić information content (AvgIpc) is 3.57. The molecule has 4 aromatic rings. The molecule has 3 aromatic heterocycles. The summed E-state index contributed by atoms with van der Waals surface area (Å²) in [7, 11) is 0. The maximum Gasteiger partial charge on any atom is 0.251 e. The molecule has 1 fully saturated rings. The second kappa shape index (κ2) is 8.87. The molecule has 0 radical (unpaired) electrons. The molecule has 4 N–H and O–H groups in total. The van der Waals surface area contributed by atoms with Gasteiger partial charge in [-0.3, -0.25) is 9.36 Å². The molecule has 4 heterocycles. The summed E-state index contributed by atoms with van der Waals surface area (Å²) in [6, 6.07) is 13.5. The number of thiophene rings is 1. The Hall–Kier alpha value is -3.38. The first-order valence-corrected chi connectivity index (χ1v) is 11.0. The fourth-order valence-corrected chi connectivity index (χ4v) is 4.36. The molecule has 0 saturated carbocycles. The quantitative estimate of drug-likeness (QED) is 0.334. The van der Waals surface area contributed by atoms with Crippen molar-refractivity contribution in [1.82, 2.24) is 24.8 Å². The number of anilines is 1. The summed E-state index contributed by atoms with van der Waals surface area (Å²) in [5.74, 6) is -0.192. The molecule has 1 saturated heterocycles. The van der Waals surface area contributed by atoms with Crippen molar-refractivity contribution in [2.75, 3.05) is 12.3 Å². The summed E-state index contributed by atoms with van der Waals surface area (Å²) in [6.07, 6.45) is -4.68. The molecule has 33 heavy (non-hydrogen) atoms. The van der Waals surface area contributed by atoms with Crippen LogP contribution in [0.5, 0.6) is 0 Å². The molecule has 1 aliphatic heterocycles. The minimum atomic E-state index is -2.77. The molecule has 1 amide bonds. The van der Waals surface area contributed by atoms with E-state index in [1.807, 2.05) is 47.8 Å². The summed E-state index contributed by atoms with van der Waals surface area (Å²) >= 11 is 1.45. The number of carbonyl (C=O) groups is 1. The molecular weight excluding hydrogens is 444 g/mol. The Morgan fingerprint density at radius 1 is 1.21 bits per heavy atom. The van der Waals surface area contributed by atoms with E-state index in [0.717, 1.165) is 10.4 Å². The summed E-state index contributed by atoms with van der Waals surface area (Å²) in [4.78, 5) is 26.8. The number of aliphatic hydroxyl groups is 2. The van der Waals surface area contributed by atoms with Gasteiger partial charge in [-0.15, -0.1) is 11.3 Å². The number of ether oxygens (including phenoxy) is 1. The second-order valence-electron chi connectivity index (χ2n) is 7.45. The number of carbonyl (C=O) groups excluding carboxylic acids is 1. The molecule has 0 spiro atoms. The lowest BCUT2D eigenvalue weighted by Crippen LogP contribution is -2.41. The van der Waals surface area contributed by atoms with Gasteiger partial charge in [0.1, 0.15) is 12.2 Å². The van der Waals surface area contributed by atoms with Crippen LogP contribution in [0.3, 0.4) is 0 Å². The van der Waals surface area contributed by atoms with Crippen LogP contribution in [0.15, 0.2) is 54.2 Å². The first kappa shape index (κ1) is 18.1. The molecule has 0 aliphatic carbocycles. The van der Waals surface area contributed by atoms with Crippen molar-refractivity contribution in [2.45, 2.75) is 31.1 Å². The highest BCUT2D eigenvalue weighted by Gasteiger charge is 2.47. The van der Waals surface area contributed by atoms with E-state index in [1.54, 1.807) is 5.32 Å². The summed E-state index contributed by atoms with van der Waals surface area (Å²) < 4.78 is 28.7. The number of nitrogens with one attached hydrogen (secondary N) is 2. The Bertz CT molecular complexity index is 1370. The monoisotopic (exact) mass is 469 g/mol. The van der Waals surface area contributed by atoms with Crippen LogP contribution in [0.2, 0.25) is 0 Å². The van der Waals surface area contributed by atoms with Gasteiger partial charge in [-0.2, -0.15) is 0 Å². The molecule has 170 valence electrons. The summed E-state index contributed by atoms with van der Waals surface area (Å²) in [5, 5.41) is 28.1. The minimum absolute atomic E-state index is 0.303. The zero-order valence-corrected chi connectivity index (χ0v) is 17.9. The molecule has 10 nitrogen and oxygen atoms in total. The van der Waals surface area contributed by atoms with Crippen LogP contribution in [0, 0.1) is 0 Å². The van der Waals surface area contributed by atoms with Crippen LogP contribution in [0.1, 0.15) is 15.9 Å². The van der Waals surface area contributed by atoms with Crippen LogP contribution < -0.4 is 10.6 Å². The van der Waals surface area contributed by atoms with Gasteiger partial charge in [0.05, 0.1) is 11.2 Å². The molecular formula is C22H22N6O4S. The van der Waals surface area contributed by atoms with Gasteiger partial charge >= 0.3 is 0 Å². The maximum absolute atomic E-state index is 12.4. The van der Waals surface area contributed by atoms with Crippen molar-refractivity contribution >= 4 is 34.2 Å². The number of nitrogens with zero attached hydrogens (tertiary/aromatic N) is 4. The Kier molecular flexibility index (Phi) is 4.86.